The highest BCUT2D eigenvalue weighted by Crippen LogP contribution is 2.29. The predicted molar refractivity (Wildman–Crippen MR) is 87.9 cm³/mol. The van der Waals surface area contributed by atoms with Gasteiger partial charge >= 0.3 is 0 Å². The molecule has 1 aromatic heterocycles. The van der Waals surface area contributed by atoms with Crippen molar-refractivity contribution >= 4 is 10.0 Å². The lowest BCUT2D eigenvalue weighted by molar-refractivity contribution is 0.302. The molecule has 22 heavy (non-hydrogen) atoms. The lowest BCUT2D eigenvalue weighted by Crippen LogP contribution is -2.42. The van der Waals surface area contributed by atoms with E-state index in [0.29, 0.717) is 5.69 Å². The Morgan fingerprint density at radius 1 is 1.05 bits per heavy atom. The van der Waals surface area contributed by atoms with Gasteiger partial charge in [0.05, 0.1) is 0 Å². The van der Waals surface area contributed by atoms with Crippen molar-refractivity contribution in [1.29, 1.82) is 0 Å². The zero-order valence-corrected chi connectivity index (χ0v) is 14.5. The third-order valence-electron chi connectivity index (χ3n) is 3.42. The van der Waals surface area contributed by atoms with Gasteiger partial charge in [0.1, 0.15) is 10.6 Å². The van der Waals surface area contributed by atoms with E-state index in [1.165, 1.54) is 4.31 Å². The van der Waals surface area contributed by atoms with Gasteiger partial charge in [0.15, 0.2) is 0 Å². The Morgan fingerprint density at radius 3 is 2.09 bits per heavy atom. The van der Waals surface area contributed by atoms with Crippen LogP contribution in [0.2, 0.25) is 0 Å². The Kier molecular flexibility index (Phi) is 4.72. The van der Waals surface area contributed by atoms with Crippen LogP contribution in [0.3, 0.4) is 0 Å². The first-order chi connectivity index (χ1) is 10.2. The molecule has 0 bridgehead atoms. The summed E-state index contributed by atoms with van der Waals surface area (Å²) in [6, 6.07) is 9.16. The number of aromatic nitrogens is 2. The predicted octanol–water partition coefficient (Wildman–Crippen LogP) is 2.89. The molecule has 0 aliphatic rings. The molecule has 6 heteroatoms. The van der Waals surface area contributed by atoms with Crippen molar-refractivity contribution in [2.75, 3.05) is 0 Å². The largest absolute Gasteiger partial charge is 0.274 e. The van der Waals surface area contributed by atoms with Gasteiger partial charge in [-0.2, -0.15) is 9.40 Å². The monoisotopic (exact) mass is 321 g/mol. The fraction of sp³-hybridized carbons (Fsp3) is 0.438. The standard InChI is InChI=1S/C16H23N3O2S/c1-12(2)19(13(3)4)22(20,21)15-11-18(5)17-16(15)14-9-7-6-8-10-14/h6-13H,1-5H3. The van der Waals surface area contributed by atoms with Gasteiger partial charge in [-0.3, -0.25) is 4.68 Å². The Labute approximate surface area is 132 Å². The van der Waals surface area contributed by atoms with Crippen LogP contribution < -0.4 is 0 Å². The van der Waals surface area contributed by atoms with Crippen molar-refractivity contribution in [2.24, 2.45) is 7.05 Å². The molecule has 0 aliphatic carbocycles. The minimum absolute atomic E-state index is 0.117. The number of hydrogen-bond acceptors (Lipinski definition) is 3. The van der Waals surface area contributed by atoms with E-state index in [9.17, 15) is 8.42 Å². The SMILES string of the molecule is CC(C)N(C(C)C)S(=O)(=O)c1cn(C)nc1-c1ccccc1. The number of benzene rings is 1. The minimum Gasteiger partial charge on any atom is -0.274 e. The molecule has 0 radical (unpaired) electrons. The van der Waals surface area contributed by atoms with E-state index in [0.717, 1.165) is 5.56 Å². The first kappa shape index (κ1) is 16.7. The molecule has 0 saturated heterocycles. The van der Waals surface area contributed by atoms with E-state index in [1.54, 1.807) is 17.9 Å². The summed E-state index contributed by atoms with van der Waals surface area (Å²) in [6.07, 6.45) is 1.58. The van der Waals surface area contributed by atoms with Crippen LogP contribution in [0.4, 0.5) is 0 Å². The van der Waals surface area contributed by atoms with E-state index in [-0.39, 0.29) is 17.0 Å². The summed E-state index contributed by atoms with van der Waals surface area (Å²) in [6.45, 7) is 7.54. The fourth-order valence-electron chi connectivity index (χ4n) is 2.72. The van der Waals surface area contributed by atoms with Crippen LogP contribution in [0.15, 0.2) is 41.4 Å². The van der Waals surface area contributed by atoms with Crippen LogP contribution in [0.1, 0.15) is 27.7 Å². The van der Waals surface area contributed by atoms with Gasteiger partial charge in [-0.25, -0.2) is 8.42 Å². The second-order valence-electron chi connectivity index (χ2n) is 5.90. The molecule has 2 rings (SSSR count). The summed E-state index contributed by atoms with van der Waals surface area (Å²) in [5, 5.41) is 4.36. The van der Waals surface area contributed by atoms with Crippen molar-refractivity contribution < 1.29 is 8.42 Å². The highest BCUT2D eigenvalue weighted by atomic mass is 32.2. The van der Waals surface area contributed by atoms with Crippen LogP contribution in [-0.2, 0) is 17.1 Å². The Bertz CT molecular complexity index is 726. The highest BCUT2D eigenvalue weighted by Gasteiger charge is 2.33. The molecule has 0 spiro atoms. The average molecular weight is 321 g/mol. The van der Waals surface area contributed by atoms with Crippen molar-refractivity contribution in [3.8, 4) is 11.3 Å². The van der Waals surface area contributed by atoms with Gasteiger partial charge in [0.25, 0.3) is 0 Å². The summed E-state index contributed by atoms with van der Waals surface area (Å²) in [4.78, 5) is 0.253. The van der Waals surface area contributed by atoms with Gasteiger partial charge in [0.2, 0.25) is 10.0 Å². The molecule has 5 nitrogen and oxygen atoms in total. The summed E-state index contributed by atoms with van der Waals surface area (Å²) in [7, 11) is -1.87. The number of nitrogens with zero attached hydrogens (tertiary/aromatic N) is 3. The molecule has 120 valence electrons. The molecule has 0 fully saturated rings. The molecular weight excluding hydrogens is 298 g/mol. The van der Waals surface area contributed by atoms with Gasteiger partial charge in [-0.1, -0.05) is 30.3 Å². The topological polar surface area (TPSA) is 55.2 Å². The van der Waals surface area contributed by atoms with Gasteiger partial charge in [0, 0.05) is 30.9 Å². The number of sulfonamides is 1. The van der Waals surface area contributed by atoms with Crippen molar-refractivity contribution in [1.82, 2.24) is 14.1 Å². The average Bonchev–Trinajstić information content (AvgIpc) is 2.81. The second kappa shape index (κ2) is 6.22. The van der Waals surface area contributed by atoms with Gasteiger partial charge in [-0.05, 0) is 27.7 Å². The third kappa shape index (κ3) is 3.08. The van der Waals surface area contributed by atoms with E-state index in [4.69, 9.17) is 0 Å². The lowest BCUT2D eigenvalue weighted by Gasteiger charge is -2.29. The molecule has 0 N–H and O–H groups in total. The molecular formula is C16H23N3O2S. The molecule has 0 saturated carbocycles. The zero-order chi connectivity index (χ0) is 16.5. The van der Waals surface area contributed by atoms with Crippen molar-refractivity contribution in [3.63, 3.8) is 0 Å². The molecule has 0 unspecified atom stereocenters. The maximum absolute atomic E-state index is 13.1. The first-order valence-electron chi connectivity index (χ1n) is 7.37. The first-order valence-corrected chi connectivity index (χ1v) is 8.81. The smallest absolute Gasteiger partial charge is 0.247 e. The quantitative estimate of drug-likeness (QED) is 0.851. The van der Waals surface area contributed by atoms with Crippen LogP contribution in [0.5, 0.6) is 0 Å². The van der Waals surface area contributed by atoms with Crippen molar-refractivity contribution in [2.45, 2.75) is 44.7 Å². The highest BCUT2D eigenvalue weighted by molar-refractivity contribution is 7.89. The summed E-state index contributed by atoms with van der Waals surface area (Å²) in [5.74, 6) is 0. The third-order valence-corrected chi connectivity index (χ3v) is 5.67. The molecule has 0 aliphatic heterocycles. The Morgan fingerprint density at radius 2 is 1.59 bits per heavy atom. The summed E-state index contributed by atoms with van der Waals surface area (Å²) < 4.78 is 29.3. The van der Waals surface area contributed by atoms with E-state index in [2.05, 4.69) is 5.10 Å². The van der Waals surface area contributed by atoms with Crippen LogP contribution in [0, 0.1) is 0 Å². The van der Waals surface area contributed by atoms with Crippen molar-refractivity contribution in [3.05, 3.63) is 36.5 Å². The molecule has 1 aromatic carbocycles. The molecule has 0 atom stereocenters. The summed E-state index contributed by atoms with van der Waals surface area (Å²) >= 11 is 0. The molecule has 2 aromatic rings. The number of hydrogen-bond donors (Lipinski definition) is 0. The second-order valence-corrected chi connectivity index (χ2v) is 7.72. The normalized spacial score (nSPS) is 12.5. The van der Waals surface area contributed by atoms with E-state index >= 15 is 0 Å². The Balaban J connectivity index is 2.62. The number of aryl methyl sites for hydroxylation is 1. The van der Waals surface area contributed by atoms with Gasteiger partial charge in [-0.15, -0.1) is 0 Å². The van der Waals surface area contributed by atoms with Gasteiger partial charge < -0.3 is 0 Å². The summed E-state index contributed by atoms with van der Waals surface area (Å²) in [5.41, 5.74) is 1.29. The number of rotatable bonds is 5. The minimum atomic E-state index is -3.61. The van der Waals surface area contributed by atoms with E-state index in [1.807, 2.05) is 58.0 Å². The lowest BCUT2D eigenvalue weighted by atomic mass is 10.2. The molecule has 1 heterocycles. The van der Waals surface area contributed by atoms with Crippen LogP contribution in [0.25, 0.3) is 11.3 Å². The Hall–Kier alpha value is -1.66. The fourth-order valence-corrected chi connectivity index (χ4v) is 4.74. The molecule has 0 amide bonds. The van der Waals surface area contributed by atoms with Crippen LogP contribution in [-0.4, -0.2) is 34.6 Å². The zero-order valence-electron chi connectivity index (χ0n) is 13.7. The van der Waals surface area contributed by atoms with E-state index < -0.39 is 10.0 Å². The van der Waals surface area contributed by atoms with Crippen LogP contribution >= 0.6 is 0 Å². The maximum atomic E-state index is 13.1. The maximum Gasteiger partial charge on any atom is 0.247 e.